The zero-order valence-corrected chi connectivity index (χ0v) is 19.8. The van der Waals surface area contributed by atoms with Gasteiger partial charge in [0, 0.05) is 29.7 Å². The van der Waals surface area contributed by atoms with Crippen molar-refractivity contribution in [3.63, 3.8) is 0 Å². The first-order valence-electron chi connectivity index (χ1n) is 10.7. The van der Waals surface area contributed by atoms with Crippen molar-refractivity contribution in [2.45, 2.75) is 25.3 Å². The lowest BCUT2D eigenvalue weighted by Crippen LogP contribution is -2.37. The maximum atomic E-state index is 13.2. The Morgan fingerprint density at radius 3 is 2.61 bits per heavy atom. The molecule has 2 heterocycles. The monoisotopic (exact) mass is 454 g/mol. The summed E-state index contributed by atoms with van der Waals surface area (Å²) in [5, 5.41) is 2.83. The van der Waals surface area contributed by atoms with Crippen LogP contribution in [0.4, 0.5) is 0 Å². The molecule has 0 saturated carbocycles. The van der Waals surface area contributed by atoms with E-state index in [-0.39, 0.29) is 5.91 Å². The summed E-state index contributed by atoms with van der Waals surface area (Å²) < 4.78 is 13.1. The van der Waals surface area contributed by atoms with Gasteiger partial charge in [-0.05, 0) is 71.6 Å². The third-order valence-corrected chi connectivity index (χ3v) is 7.81. The summed E-state index contributed by atoms with van der Waals surface area (Å²) >= 11 is 1.54. The third-order valence-electron chi connectivity index (χ3n) is 5.86. The topological polar surface area (TPSA) is 63.4 Å². The molecule has 0 atom stereocenters. The lowest BCUT2D eigenvalue weighted by Gasteiger charge is -2.32. The van der Waals surface area contributed by atoms with Gasteiger partial charge in [-0.15, -0.1) is 11.3 Å². The van der Waals surface area contributed by atoms with Gasteiger partial charge in [0.25, 0.3) is 5.91 Å². The van der Waals surface area contributed by atoms with Gasteiger partial charge in [0.2, 0.25) is 0 Å². The number of amides is 1. The summed E-state index contributed by atoms with van der Waals surface area (Å²) in [6.07, 6.45) is 7.37. The van der Waals surface area contributed by atoms with Crippen molar-refractivity contribution in [2.75, 3.05) is 25.6 Å². The Morgan fingerprint density at radius 2 is 1.90 bits per heavy atom. The molecule has 1 amide bonds. The molecule has 0 bridgehead atoms. The number of carbonyl (C=O) groups excluding carboxylic acids is 1. The first kappa shape index (κ1) is 21.9. The van der Waals surface area contributed by atoms with Gasteiger partial charge in [-0.3, -0.25) is 9.00 Å². The smallest absolute Gasteiger partial charge is 0.263 e. The lowest BCUT2D eigenvalue weighted by atomic mass is 9.88. The van der Waals surface area contributed by atoms with Crippen LogP contribution in [0.5, 0.6) is 0 Å². The summed E-state index contributed by atoms with van der Waals surface area (Å²) in [4.78, 5) is 16.0. The fourth-order valence-electron chi connectivity index (χ4n) is 4.14. The van der Waals surface area contributed by atoms with Gasteiger partial charge in [-0.1, -0.05) is 46.3 Å². The predicted molar refractivity (Wildman–Crippen MR) is 134 cm³/mol. The highest BCUT2D eigenvalue weighted by Crippen LogP contribution is 2.33. The van der Waals surface area contributed by atoms with Crippen molar-refractivity contribution in [1.29, 1.82) is 0 Å². The average Bonchev–Trinajstić information content (AvgIpc) is 3.22. The molecule has 2 N–H and O–H groups in total. The SMILES string of the molecule is C[SH](C)(=O)/C=C/c1cccc2sc(C(=O)N3CCC(c4cccc(CN)c4)CC3)cc12. The molecular weight excluding hydrogens is 424 g/mol. The summed E-state index contributed by atoms with van der Waals surface area (Å²) in [5.74, 6) is 0.593. The quantitative estimate of drug-likeness (QED) is 0.553. The highest BCUT2D eigenvalue weighted by Gasteiger charge is 2.26. The van der Waals surface area contributed by atoms with Crippen molar-refractivity contribution in [2.24, 2.45) is 5.73 Å². The molecule has 1 aliphatic heterocycles. The fraction of sp³-hybridized carbons (Fsp3) is 0.320. The first-order chi connectivity index (χ1) is 14.8. The molecule has 4 rings (SSSR count). The van der Waals surface area contributed by atoms with Crippen molar-refractivity contribution < 1.29 is 9.00 Å². The van der Waals surface area contributed by atoms with Crippen LogP contribution in [0.2, 0.25) is 0 Å². The molecule has 3 aromatic rings. The van der Waals surface area contributed by atoms with Gasteiger partial charge < -0.3 is 10.6 Å². The number of fused-ring (bicyclic) bond motifs is 1. The van der Waals surface area contributed by atoms with Crippen LogP contribution in [0.1, 0.15) is 45.1 Å². The molecule has 4 nitrogen and oxygen atoms in total. The van der Waals surface area contributed by atoms with E-state index >= 15 is 0 Å². The van der Waals surface area contributed by atoms with E-state index in [0.717, 1.165) is 52.0 Å². The third kappa shape index (κ3) is 5.14. The maximum absolute atomic E-state index is 13.2. The molecule has 0 radical (unpaired) electrons. The minimum Gasteiger partial charge on any atom is -0.338 e. The molecule has 0 spiro atoms. The number of hydrogen-bond acceptors (Lipinski definition) is 4. The Bertz CT molecular complexity index is 1170. The van der Waals surface area contributed by atoms with Gasteiger partial charge in [-0.2, -0.15) is 0 Å². The van der Waals surface area contributed by atoms with Gasteiger partial charge >= 0.3 is 0 Å². The summed E-state index contributed by atoms with van der Waals surface area (Å²) in [7, 11) is -2.24. The van der Waals surface area contributed by atoms with Crippen molar-refractivity contribution in [3.05, 3.63) is 75.5 Å². The van der Waals surface area contributed by atoms with Crippen LogP contribution < -0.4 is 5.73 Å². The molecule has 6 heteroatoms. The summed E-state index contributed by atoms with van der Waals surface area (Å²) in [6, 6.07) is 16.6. The zero-order chi connectivity index (χ0) is 22.0. The van der Waals surface area contributed by atoms with E-state index in [9.17, 15) is 9.00 Å². The molecule has 1 fully saturated rings. The molecule has 1 aliphatic rings. The Balaban J connectivity index is 1.49. The number of thiol groups is 1. The van der Waals surface area contributed by atoms with E-state index < -0.39 is 9.93 Å². The van der Waals surface area contributed by atoms with E-state index in [4.69, 9.17) is 5.73 Å². The second kappa shape index (κ2) is 9.07. The number of rotatable bonds is 5. The minimum absolute atomic E-state index is 0.113. The number of carbonyl (C=O) groups is 1. The second-order valence-corrected chi connectivity index (χ2v) is 12.9. The largest absolute Gasteiger partial charge is 0.338 e. The van der Waals surface area contributed by atoms with Crippen LogP contribution in [-0.2, 0) is 16.5 Å². The normalized spacial score (nSPS) is 16.3. The van der Waals surface area contributed by atoms with Crippen LogP contribution in [0.25, 0.3) is 16.2 Å². The van der Waals surface area contributed by atoms with Crippen molar-refractivity contribution >= 4 is 43.3 Å². The highest BCUT2D eigenvalue weighted by molar-refractivity contribution is 8.04. The van der Waals surface area contributed by atoms with E-state index in [1.165, 1.54) is 5.56 Å². The molecule has 31 heavy (non-hydrogen) atoms. The first-order valence-corrected chi connectivity index (χ1v) is 14.2. The number of nitrogens with zero attached hydrogens (tertiary/aromatic N) is 1. The summed E-state index contributed by atoms with van der Waals surface area (Å²) in [6.45, 7) is 2.10. The number of piperidine rings is 1. The molecular formula is C25H30N2O2S2. The Labute approximate surface area is 189 Å². The van der Waals surface area contributed by atoms with Crippen LogP contribution in [0.15, 0.2) is 53.9 Å². The maximum Gasteiger partial charge on any atom is 0.263 e. The number of likely N-dealkylation sites (tertiary alicyclic amines) is 1. The van der Waals surface area contributed by atoms with Crippen molar-refractivity contribution in [3.8, 4) is 0 Å². The van der Waals surface area contributed by atoms with Crippen LogP contribution >= 0.6 is 11.3 Å². The Morgan fingerprint density at radius 1 is 1.16 bits per heavy atom. The Kier molecular flexibility index (Phi) is 6.42. The standard InChI is InChI=1S/C25H30N2O2S2/c1-31(2,29)14-11-20-6-4-8-23-22(20)16-24(30-23)25(28)27-12-9-19(10-13-27)21-7-3-5-18(15-21)17-26/h3-8,11,14-16,19,31H,9-10,12-13,17,26H2,1-2H3/b14-11+. The van der Waals surface area contributed by atoms with E-state index in [1.54, 1.807) is 29.3 Å². The second-order valence-electron chi connectivity index (χ2n) is 8.64. The molecule has 0 aliphatic carbocycles. The molecule has 2 aromatic carbocycles. The van der Waals surface area contributed by atoms with E-state index in [1.807, 2.05) is 35.2 Å². The molecule has 1 aromatic heterocycles. The van der Waals surface area contributed by atoms with E-state index in [0.29, 0.717) is 12.5 Å². The van der Waals surface area contributed by atoms with Crippen LogP contribution in [-0.4, -0.2) is 40.6 Å². The lowest BCUT2D eigenvalue weighted by molar-refractivity contribution is 0.0718. The number of thiophene rings is 1. The van der Waals surface area contributed by atoms with Gasteiger partial charge in [0.05, 0.1) is 4.88 Å². The minimum atomic E-state index is -2.24. The number of hydrogen-bond donors (Lipinski definition) is 2. The van der Waals surface area contributed by atoms with Gasteiger partial charge in [0.15, 0.2) is 0 Å². The van der Waals surface area contributed by atoms with Crippen LogP contribution in [0.3, 0.4) is 0 Å². The van der Waals surface area contributed by atoms with Crippen molar-refractivity contribution in [1.82, 2.24) is 4.90 Å². The Hall–Kier alpha value is -2.28. The highest BCUT2D eigenvalue weighted by atomic mass is 32.2. The molecule has 0 unspecified atom stereocenters. The van der Waals surface area contributed by atoms with Gasteiger partial charge in [-0.25, -0.2) is 0 Å². The zero-order valence-electron chi connectivity index (χ0n) is 18.1. The summed E-state index contributed by atoms with van der Waals surface area (Å²) in [5.41, 5.74) is 9.29. The van der Waals surface area contributed by atoms with Crippen LogP contribution in [0, 0.1) is 0 Å². The molecule has 164 valence electrons. The number of nitrogens with two attached hydrogens (primary N) is 1. The number of benzene rings is 2. The van der Waals surface area contributed by atoms with E-state index in [2.05, 4.69) is 24.3 Å². The van der Waals surface area contributed by atoms with Gasteiger partial charge in [0.1, 0.15) is 0 Å². The molecule has 1 saturated heterocycles. The fourth-order valence-corrected chi connectivity index (χ4v) is 5.72. The average molecular weight is 455 g/mol. The predicted octanol–water partition coefficient (Wildman–Crippen LogP) is 4.63.